The molecule has 1 amide bonds. The fourth-order valence-electron chi connectivity index (χ4n) is 4.35. The van der Waals surface area contributed by atoms with Crippen LogP contribution in [0.4, 0.5) is 0 Å². The zero-order valence-electron chi connectivity index (χ0n) is 17.6. The second-order valence-corrected chi connectivity index (χ2v) is 8.03. The van der Waals surface area contributed by atoms with Gasteiger partial charge in [-0.15, -0.1) is 12.4 Å². The second-order valence-electron chi connectivity index (χ2n) is 8.03. The van der Waals surface area contributed by atoms with E-state index >= 15 is 0 Å². The number of hydrogen-bond donors (Lipinski definition) is 2. The molecule has 164 valence electrons. The van der Waals surface area contributed by atoms with Gasteiger partial charge in [-0.1, -0.05) is 0 Å². The second kappa shape index (κ2) is 10.2. The maximum absolute atomic E-state index is 12.9. The van der Waals surface area contributed by atoms with Crippen LogP contribution in [0.2, 0.25) is 0 Å². The molecule has 1 aromatic carbocycles. The van der Waals surface area contributed by atoms with Crippen LogP contribution in [0.5, 0.6) is 11.5 Å². The third-order valence-electron chi connectivity index (χ3n) is 6.03. The van der Waals surface area contributed by atoms with E-state index in [0.717, 1.165) is 42.0 Å². The molecule has 2 aromatic rings. The Bertz CT molecular complexity index is 851. The first-order valence-electron chi connectivity index (χ1n) is 10.4. The van der Waals surface area contributed by atoms with Gasteiger partial charge in [0.2, 0.25) is 5.91 Å². The van der Waals surface area contributed by atoms with Crippen molar-refractivity contribution in [2.45, 2.75) is 44.2 Å². The predicted molar refractivity (Wildman–Crippen MR) is 117 cm³/mol. The lowest BCUT2D eigenvalue weighted by Crippen LogP contribution is -2.34. The Morgan fingerprint density at radius 2 is 2.10 bits per heavy atom. The average molecular weight is 435 g/mol. The van der Waals surface area contributed by atoms with E-state index in [2.05, 4.69) is 15.7 Å². The van der Waals surface area contributed by atoms with Gasteiger partial charge in [-0.2, -0.15) is 5.10 Å². The molecule has 2 fully saturated rings. The number of halogens is 1. The molecule has 2 heterocycles. The van der Waals surface area contributed by atoms with E-state index in [-0.39, 0.29) is 36.3 Å². The monoisotopic (exact) mass is 434 g/mol. The van der Waals surface area contributed by atoms with Crippen molar-refractivity contribution in [3.63, 3.8) is 0 Å². The first kappa shape index (κ1) is 22.4. The number of hydrogen-bond acceptors (Lipinski definition) is 5. The third kappa shape index (κ3) is 5.08. The predicted octanol–water partition coefficient (Wildman–Crippen LogP) is 2.79. The number of carbonyl (C=O) groups excluding carboxylic acids is 1. The Balaban J connectivity index is 0.00000256. The zero-order valence-corrected chi connectivity index (χ0v) is 18.4. The van der Waals surface area contributed by atoms with E-state index in [1.165, 1.54) is 12.8 Å². The Hall–Kier alpha value is -2.25. The summed E-state index contributed by atoms with van der Waals surface area (Å²) in [5.41, 5.74) is 2.09. The Morgan fingerprint density at radius 1 is 1.30 bits per heavy atom. The fourth-order valence-corrected chi connectivity index (χ4v) is 4.35. The van der Waals surface area contributed by atoms with Gasteiger partial charge in [-0.25, -0.2) is 0 Å². The number of benzene rings is 1. The molecule has 0 bridgehead atoms. The maximum atomic E-state index is 12.9. The summed E-state index contributed by atoms with van der Waals surface area (Å²) in [6.07, 6.45) is 8.71. The molecule has 0 radical (unpaired) electrons. The molecular weight excluding hydrogens is 404 g/mol. The van der Waals surface area contributed by atoms with Crippen LogP contribution >= 0.6 is 12.4 Å². The lowest BCUT2D eigenvalue weighted by atomic mass is 9.90. The van der Waals surface area contributed by atoms with Crippen molar-refractivity contribution in [1.29, 1.82) is 0 Å². The smallest absolute Gasteiger partial charge is 0.225 e. The van der Waals surface area contributed by atoms with Crippen LogP contribution in [0, 0.1) is 5.92 Å². The molecule has 1 aromatic heterocycles. The molecule has 1 aliphatic heterocycles. The molecule has 30 heavy (non-hydrogen) atoms. The van der Waals surface area contributed by atoms with Gasteiger partial charge in [0.15, 0.2) is 0 Å². The summed E-state index contributed by atoms with van der Waals surface area (Å²) in [7, 11) is 3.55. The molecule has 4 rings (SSSR count). The number of aryl methyl sites for hydroxylation is 1. The number of amides is 1. The van der Waals surface area contributed by atoms with E-state index in [4.69, 9.17) is 9.47 Å². The molecule has 0 spiro atoms. The summed E-state index contributed by atoms with van der Waals surface area (Å²) in [5.74, 6) is 1.69. The van der Waals surface area contributed by atoms with Crippen molar-refractivity contribution in [2.24, 2.45) is 13.0 Å². The summed E-state index contributed by atoms with van der Waals surface area (Å²) in [6.45, 7) is 1.92. The highest BCUT2D eigenvalue weighted by molar-refractivity contribution is 5.85. The van der Waals surface area contributed by atoms with Crippen LogP contribution in [-0.2, 0) is 18.4 Å². The molecule has 0 unspecified atom stereocenters. The topological polar surface area (TPSA) is 77.4 Å². The van der Waals surface area contributed by atoms with E-state index in [0.29, 0.717) is 13.1 Å². The minimum absolute atomic E-state index is 0. The minimum Gasteiger partial charge on any atom is -0.497 e. The van der Waals surface area contributed by atoms with Crippen molar-refractivity contribution < 1.29 is 14.3 Å². The van der Waals surface area contributed by atoms with Crippen molar-refractivity contribution in [2.75, 3.05) is 20.2 Å². The molecule has 7 nitrogen and oxygen atoms in total. The summed E-state index contributed by atoms with van der Waals surface area (Å²) in [5, 5.41) is 10.7. The average Bonchev–Trinajstić information content (AvgIpc) is 3.48. The number of nitrogens with one attached hydrogen (secondary N) is 2. The molecule has 1 saturated heterocycles. The van der Waals surface area contributed by atoms with E-state index < -0.39 is 0 Å². The summed E-state index contributed by atoms with van der Waals surface area (Å²) in [6, 6.07) is 5.82. The summed E-state index contributed by atoms with van der Waals surface area (Å²) < 4.78 is 13.4. The first-order chi connectivity index (χ1) is 14.1. The Morgan fingerprint density at radius 3 is 2.80 bits per heavy atom. The van der Waals surface area contributed by atoms with Crippen LogP contribution in [0.3, 0.4) is 0 Å². The Kier molecular flexibility index (Phi) is 7.61. The van der Waals surface area contributed by atoms with Gasteiger partial charge in [0.05, 0.1) is 25.3 Å². The van der Waals surface area contributed by atoms with Crippen LogP contribution in [0.15, 0.2) is 30.6 Å². The van der Waals surface area contributed by atoms with Crippen LogP contribution in [0.25, 0.3) is 0 Å². The molecule has 8 heteroatoms. The highest BCUT2D eigenvalue weighted by atomic mass is 35.5. The Labute approximate surface area is 183 Å². The normalized spacial score (nSPS) is 21.3. The van der Waals surface area contributed by atoms with Crippen molar-refractivity contribution in [3.8, 4) is 11.5 Å². The van der Waals surface area contributed by atoms with Gasteiger partial charge >= 0.3 is 0 Å². The van der Waals surface area contributed by atoms with Crippen molar-refractivity contribution in [1.82, 2.24) is 20.4 Å². The van der Waals surface area contributed by atoms with E-state index in [1.807, 2.05) is 37.6 Å². The van der Waals surface area contributed by atoms with Gasteiger partial charge < -0.3 is 20.1 Å². The van der Waals surface area contributed by atoms with E-state index in [9.17, 15) is 4.79 Å². The van der Waals surface area contributed by atoms with Crippen LogP contribution in [0.1, 0.15) is 42.7 Å². The van der Waals surface area contributed by atoms with Crippen LogP contribution < -0.4 is 20.1 Å². The number of carbonyl (C=O) groups is 1. The highest BCUT2D eigenvalue weighted by Gasteiger charge is 2.34. The third-order valence-corrected chi connectivity index (χ3v) is 6.03. The minimum atomic E-state index is -0.100. The van der Waals surface area contributed by atoms with E-state index in [1.54, 1.807) is 11.8 Å². The standard InChI is InChI=1S/C22H30N4O3.ClH/c1-26-14-16(11-25-26)19-12-23-13-20(19)22(27)24-10-15-7-8-18(28-2)9-21(15)29-17-5-3-4-6-17;/h7-9,11,14,17,19-20,23H,3-6,10,12-13H2,1-2H3,(H,24,27);1H/t19-,20+;/m1./s1. The number of methoxy groups -OCH3 is 1. The van der Waals surface area contributed by atoms with Gasteiger partial charge in [0.25, 0.3) is 0 Å². The molecular formula is C22H31ClN4O3. The summed E-state index contributed by atoms with van der Waals surface area (Å²) in [4.78, 5) is 12.9. The zero-order chi connectivity index (χ0) is 20.2. The van der Waals surface area contributed by atoms with Crippen LogP contribution in [-0.4, -0.2) is 42.0 Å². The van der Waals surface area contributed by atoms with Gasteiger partial charge in [-0.05, 0) is 43.4 Å². The number of nitrogens with zero attached hydrogens (tertiary/aromatic N) is 2. The number of aromatic nitrogens is 2. The molecule has 1 aliphatic carbocycles. The van der Waals surface area contributed by atoms with Gasteiger partial charge in [0.1, 0.15) is 11.5 Å². The van der Waals surface area contributed by atoms with Crippen molar-refractivity contribution in [3.05, 3.63) is 41.7 Å². The number of rotatable bonds is 7. The summed E-state index contributed by atoms with van der Waals surface area (Å²) >= 11 is 0. The number of ether oxygens (including phenoxy) is 2. The first-order valence-corrected chi connectivity index (χ1v) is 10.4. The lowest BCUT2D eigenvalue weighted by Gasteiger charge is -2.20. The maximum Gasteiger partial charge on any atom is 0.225 e. The lowest BCUT2D eigenvalue weighted by molar-refractivity contribution is -0.125. The fraction of sp³-hybridized carbons (Fsp3) is 0.545. The van der Waals surface area contributed by atoms with Gasteiger partial charge in [-0.3, -0.25) is 9.48 Å². The quantitative estimate of drug-likeness (QED) is 0.700. The molecule has 2 aliphatic rings. The highest BCUT2D eigenvalue weighted by Crippen LogP contribution is 2.31. The SMILES string of the molecule is COc1ccc(CNC(=O)[C@H]2CNC[C@@H]2c2cnn(C)c2)c(OC2CCCC2)c1.Cl. The van der Waals surface area contributed by atoms with Crippen molar-refractivity contribution >= 4 is 18.3 Å². The molecule has 1 saturated carbocycles. The van der Waals surface area contributed by atoms with Gasteiger partial charge in [0, 0.05) is 50.4 Å². The molecule has 2 atom stereocenters. The largest absolute Gasteiger partial charge is 0.497 e. The molecule has 2 N–H and O–H groups in total.